The van der Waals surface area contributed by atoms with Gasteiger partial charge < -0.3 is 14.5 Å². The van der Waals surface area contributed by atoms with E-state index in [2.05, 4.69) is 10.3 Å². The van der Waals surface area contributed by atoms with Crippen LogP contribution in [0.15, 0.2) is 34.9 Å². The third-order valence-electron chi connectivity index (χ3n) is 2.88. The third-order valence-corrected chi connectivity index (χ3v) is 2.88. The maximum Gasteiger partial charge on any atom is 0.130 e. The highest BCUT2D eigenvalue weighted by Gasteiger charge is 2.06. The van der Waals surface area contributed by atoms with Crippen LogP contribution in [0.3, 0.4) is 0 Å². The number of furan rings is 1. The lowest BCUT2D eigenvalue weighted by Gasteiger charge is -2.02. The smallest absolute Gasteiger partial charge is 0.130 e. The number of hydrogen-bond donors (Lipinski definition) is 1. The summed E-state index contributed by atoms with van der Waals surface area (Å²) in [6.45, 7) is 3.96. The Bertz CT molecular complexity index is 494. The summed E-state index contributed by atoms with van der Waals surface area (Å²) in [6.07, 6.45) is 2.62. The normalized spacial score (nSPS) is 10.8. The zero-order valence-corrected chi connectivity index (χ0v) is 11.5. The standard InChI is InChI=1S/C15H20N2O2/c1-12-9-14(19-15(12)10-16-2)11-18-8-6-13-5-3-4-7-17-13/h3-5,7,9,16H,6,8,10-11H2,1-2H3. The molecule has 0 spiro atoms. The van der Waals surface area contributed by atoms with Crippen LogP contribution < -0.4 is 5.32 Å². The van der Waals surface area contributed by atoms with Crippen LogP contribution in [0.4, 0.5) is 0 Å². The van der Waals surface area contributed by atoms with Gasteiger partial charge in [0.05, 0.1) is 13.2 Å². The van der Waals surface area contributed by atoms with Gasteiger partial charge in [-0.25, -0.2) is 0 Å². The van der Waals surface area contributed by atoms with Crippen molar-refractivity contribution >= 4 is 0 Å². The highest BCUT2D eigenvalue weighted by molar-refractivity contribution is 5.19. The predicted octanol–water partition coefficient (Wildman–Crippen LogP) is 2.46. The van der Waals surface area contributed by atoms with Crippen LogP contribution in [0.2, 0.25) is 0 Å². The van der Waals surface area contributed by atoms with E-state index in [0.717, 1.165) is 35.7 Å². The van der Waals surface area contributed by atoms with Crippen LogP contribution in [0.25, 0.3) is 0 Å². The minimum atomic E-state index is 0.511. The Morgan fingerprint density at radius 2 is 2.26 bits per heavy atom. The van der Waals surface area contributed by atoms with Crippen molar-refractivity contribution in [3.8, 4) is 0 Å². The Morgan fingerprint density at radius 3 is 3.00 bits per heavy atom. The van der Waals surface area contributed by atoms with Gasteiger partial charge in [-0.05, 0) is 37.7 Å². The number of aromatic nitrogens is 1. The summed E-state index contributed by atoms with van der Waals surface area (Å²) in [5, 5.41) is 3.08. The fraction of sp³-hybridized carbons (Fsp3) is 0.400. The molecule has 2 aromatic heterocycles. The molecule has 0 atom stereocenters. The number of pyridine rings is 1. The Kier molecular flexibility index (Phi) is 5.12. The topological polar surface area (TPSA) is 47.3 Å². The van der Waals surface area contributed by atoms with Crippen LogP contribution in [-0.4, -0.2) is 18.6 Å². The Hall–Kier alpha value is -1.65. The molecule has 0 radical (unpaired) electrons. The van der Waals surface area contributed by atoms with Crippen molar-refractivity contribution in [3.05, 3.63) is 53.2 Å². The van der Waals surface area contributed by atoms with Crippen LogP contribution in [0, 0.1) is 6.92 Å². The van der Waals surface area contributed by atoms with Crippen molar-refractivity contribution < 1.29 is 9.15 Å². The molecule has 0 aromatic carbocycles. The summed E-state index contributed by atoms with van der Waals surface area (Å²) in [7, 11) is 1.91. The lowest BCUT2D eigenvalue weighted by molar-refractivity contribution is 0.107. The summed E-state index contributed by atoms with van der Waals surface area (Å²) in [5.74, 6) is 1.86. The number of rotatable bonds is 7. The van der Waals surface area contributed by atoms with Crippen molar-refractivity contribution in [3.63, 3.8) is 0 Å². The quantitative estimate of drug-likeness (QED) is 0.777. The van der Waals surface area contributed by atoms with Gasteiger partial charge in [0, 0.05) is 18.3 Å². The van der Waals surface area contributed by atoms with E-state index in [1.54, 1.807) is 6.20 Å². The zero-order valence-electron chi connectivity index (χ0n) is 11.5. The summed E-state index contributed by atoms with van der Waals surface area (Å²) >= 11 is 0. The molecule has 2 rings (SSSR count). The van der Waals surface area contributed by atoms with Crippen LogP contribution in [0.5, 0.6) is 0 Å². The van der Waals surface area contributed by atoms with Gasteiger partial charge in [0.1, 0.15) is 18.1 Å². The van der Waals surface area contributed by atoms with Gasteiger partial charge in [-0.3, -0.25) is 4.98 Å². The monoisotopic (exact) mass is 260 g/mol. The number of nitrogens with zero attached hydrogens (tertiary/aromatic N) is 1. The molecule has 0 saturated heterocycles. The SMILES string of the molecule is CNCc1oc(COCCc2ccccn2)cc1C. The molecule has 19 heavy (non-hydrogen) atoms. The molecule has 2 heterocycles. The third kappa shape index (κ3) is 4.19. The molecule has 0 fully saturated rings. The fourth-order valence-electron chi connectivity index (χ4n) is 1.89. The molecule has 4 nitrogen and oxygen atoms in total. The summed E-state index contributed by atoms with van der Waals surface area (Å²) < 4.78 is 11.3. The van der Waals surface area contributed by atoms with E-state index in [9.17, 15) is 0 Å². The maximum atomic E-state index is 5.70. The zero-order chi connectivity index (χ0) is 13.5. The second-order valence-corrected chi connectivity index (χ2v) is 4.47. The molecule has 0 aliphatic rings. The van der Waals surface area contributed by atoms with Crippen LogP contribution >= 0.6 is 0 Å². The number of nitrogens with one attached hydrogen (secondary N) is 1. The average Bonchev–Trinajstić information content (AvgIpc) is 2.77. The van der Waals surface area contributed by atoms with Crippen molar-refractivity contribution in [1.82, 2.24) is 10.3 Å². The molecule has 0 aliphatic carbocycles. The fourth-order valence-corrected chi connectivity index (χ4v) is 1.89. The Balaban J connectivity index is 1.75. The summed E-state index contributed by atoms with van der Waals surface area (Å²) in [4.78, 5) is 4.25. The molecule has 0 amide bonds. The van der Waals surface area contributed by atoms with Gasteiger partial charge in [0.2, 0.25) is 0 Å². The van der Waals surface area contributed by atoms with Crippen molar-refractivity contribution in [2.24, 2.45) is 0 Å². The Labute approximate surface area is 113 Å². The molecule has 2 aromatic rings. The first kappa shape index (κ1) is 13.8. The molecule has 0 aliphatic heterocycles. The first-order valence-corrected chi connectivity index (χ1v) is 6.50. The first-order chi connectivity index (χ1) is 9.29. The maximum absolute atomic E-state index is 5.70. The van der Waals surface area contributed by atoms with Gasteiger partial charge in [-0.2, -0.15) is 0 Å². The van der Waals surface area contributed by atoms with E-state index in [0.29, 0.717) is 13.2 Å². The molecule has 0 saturated carbocycles. The van der Waals surface area contributed by atoms with Gasteiger partial charge in [-0.15, -0.1) is 0 Å². The van der Waals surface area contributed by atoms with Crippen LogP contribution in [-0.2, 0) is 24.3 Å². The van der Waals surface area contributed by atoms with Crippen molar-refractivity contribution in [1.29, 1.82) is 0 Å². The summed E-state index contributed by atoms with van der Waals surface area (Å²) in [5.41, 5.74) is 2.21. The summed E-state index contributed by atoms with van der Waals surface area (Å²) in [6, 6.07) is 7.94. The number of hydrogen-bond acceptors (Lipinski definition) is 4. The van der Waals surface area contributed by atoms with E-state index in [1.165, 1.54) is 0 Å². The number of ether oxygens (including phenoxy) is 1. The molecule has 102 valence electrons. The minimum Gasteiger partial charge on any atom is -0.462 e. The van der Waals surface area contributed by atoms with E-state index in [-0.39, 0.29) is 0 Å². The van der Waals surface area contributed by atoms with Gasteiger partial charge in [0.25, 0.3) is 0 Å². The minimum absolute atomic E-state index is 0.511. The van der Waals surface area contributed by atoms with Gasteiger partial charge in [0.15, 0.2) is 0 Å². The van der Waals surface area contributed by atoms with Crippen molar-refractivity contribution in [2.45, 2.75) is 26.5 Å². The van der Waals surface area contributed by atoms with E-state index in [4.69, 9.17) is 9.15 Å². The first-order valence-electron chi connectivity index (χ1n) is 6.50. The van der Waals surface area contributed by atoms with Crippen LogP contribution in [0.1, 0.15) is 22.8 Å². The largest absolute Gasteiger partial charge is 0.462 e. The van der Waals surface area contributed by atoms with E-state index in [1.807, 2.05) is 38.2 Å². The lowest BCUT2D eigenvalue weighted by Crippen LogP contribution is -2.04. The van der Waals surface area contributed by atoms with E-state index < -0.39 is 0 Å². The predicted molar refractivity (Wildman–Crippen MR) is 73.8 cm³/mol. The molecular formula is C15H20N2O2. The second-order valence-electron chi connectivity index (χ2n) is 4.47. The molecule has 0 unspecified atom stereocenters. The molecule has 0 bridgehead atoms. The molecule has 1 N–H and O–H groups in total. The van der Waals surface area contributed by atoms with Gasteiger partial charge >= 0.3 is 0 Å². The molecular weight excluding hydrogens is 240 g/mol. The number of aryl methyl sites for hydroxylation is 1. The average molecular weight is 260 g/mol. The second kappa shape index (κ2) is 7.07. The van der Waals surface area contributed by atoms with Gasteiger partial charge in [-0.1, -0.05) is 6.07 Å². The highest BCUT2D eigenvalue weighted by atomic mass is 16.5. The lowest BCUT2D eigenvalue weighted by atomic mass is 10.2. The molecule has 4 heteroatoms. The van der Waals surface area contributed by atoms with Crippen molar-refractivity contribution in [2.75, 3.05) is 13.7 Å². The highest BCUT2D eigenvalue weighted by Crippen LogP contribution is 2.15. The Morgan fingerprint density at radius 1 is 1.37 bits per heavy atom. The van der Waals surface area contributed by atoms with E-state index >= 15 is 0 Å².